The van der Waals surface area contributed by atoms with E-state index in [1.165, 1.54) is 17.8 Å². The molecule has 128 valence electrons. The van der Waals surface area contributed by atoms with Crippen LogP contribution in [-0.2, 0) is 4.79 Å². The molecular formula is C18H19N5OS. The highest BCUT2D eigenvalue weighted by molar-refractivity contribution is 7.99. The summed E-state index contributed by atoms with van der Waals surface area (Å²) in [7, 11) is 0. The second-order valence-corrected chi connectivity index (χ2v) is 6.59. The number of hydrogen-bond acceptors (Lipinski definition) is 6. The van der Waals surface area contributed by atoms with E-state index in [0.29, 0.717) is 16.8 Å². The number of carbonyl (C=O) groups is 1. The maximum Gasteiger partial charge on any atom is 0.230 e. The van der Waals surface area contributed by atoms with Crippen LogP contribution in [0.2, 0.25) is 0 Å². The molecule has 3 rings (SSSR count). The number of rotatable bonds is 5. The number of carbonyl (C=O) groups excluding carboxylic acids is 1. The maximum atomic E-state index is 12.3. The van der Waals surface area contributed by atoms with Crippen LogP contribution >= 0.6 is 11.8 Å². The van der Waals surface area contributed by atoms with E-state index >= 15 is 0 Å². The standard InChI is InChI=1S/C18H19N5OS/c1-11(13-8-4-6-12-5-2-3-7-14(12)13)21-17(24)10-25-18-22-15(19)9-16(20)23-18/h2-9,11H,10H2,1H3,(H,21,24)(H4,19,20,22,23)/t11-/m1/s1. The van der Waals surface area contributed by atoms with Crippen molar-refractivity contribution in [1.29, 1.82) is 0 Å². The first-order valence-electron chi connectivity index (χ1n) is 7.83. The van der Waals surface area contributed by atoms with Crippen molar-refractivity contribution < 1.29 is 4.79 Å². The molecule has 0 spiro atoms. The van der Waals surface area contributed by atoms with Gasteiger partial charge in [-0.15, -0.1) is 0 Å². The van der Waals surface area contributed by atoms with Crippen LogP contribution in [0.25, 0.3) is 10.8 Å². The van der Waals surface area contributed by atoms with Crippen molar-refractivity contribution in [2.24, 2.45) is 0 Å². The predicted molar refractivity (Wildman–Crippen MR) is 102 cm³/mol. The van der Waals surface area contributed by atoms with Crippen LogP contribution in [0, 0.1) is 0 Å². The second-order valence-electron chi connectivity index (χ2n) is 5.65. The van der Waals surface area contributed by atoms with Gasteiger partial charge in [-0.2, -0.15) is 0 Å². The summed E-state index contributed by atoms with van der Waals surface area (Å²) in [6.45, 7) is 1.97. The predicted octanol–water partition coefficient (Wildman–Crippen LogP) is 2.76. The van der Waals surface area contributed by atoms with Gasteiger partial charge in [0.2, 0.25) is 5.91 Å². The molecular weight excluding hydrogens is 334 g/mol. The molecule has 25 heavy (non-hydrogen) atoms. The topological polar surface area (TPSA) is 107 Å². The van der Waals surface area contributed by atoms with E-state index < -0.39 is 0 Å². The van der Waals surface area contributed by atoms with Gasteiger partial charge in [-0.25, -0.2) is 9.97 Å². The summed E-state index contributed by atoms with van der Waals surface area (Å²) in [5.74, 6) is 0.673. The van der Waals surface area contributed by atoms with Crippen LogP contribution in [0.15, 0.2) is 53.7 Å². The van der Waals surface area contributed by atoms with Crippen molar-refractivity contribution in [2.45, 2.75) is 18.1 Å². The SMILES string of the molecule is C[C@@H](NC(=O)CSc1nc(N)cc(N)n1)c1cccc2ccccc12. The molecule has 5 N–H and O–H groups in total. The Hall–Kier alpha value is -2.80. The van der Waals surface area contributed by atoms with E-state index in [4.69, 9.17) is 11.5 Å². The van der Waals surface area contributed by atoms with Gasteiger partial charge in [-0.3, -0.25) is 4.79 Å². The van der Waals surface area contributed by atoms with Crippen molar-refractivity contribution in [3.05, 3.63) is 54.1 Å². The van der Waals surface area contributed by atoms with Crippen molar-refractivity contribution >= 4 is 40.1 Å². The Morgan fingerprint density at radius 3 is 2.56 bits per heavy atom. The minimum atomic E-state index is -0.106. The van der Waals surface area contributed by atoms with Gasteiger partial charge in [0.25, 0.3) is 0 Å². The Kier molecular flexibility index (Phi) is 5.04. The van der Waals surface area contributed by atoms with Gasteiger partial charge in [0.05, 0.1) is 11.8 Å². The van der Waals surface area contributed by atoms with Crippen molar-refractivity contribution in [3.8, 4) is 0 Å². The minimum absolute atomic E-state index is 0.102. The molecule has 0 bridgehead atoms. The summed E-state index contributed by atoms with van der Waals surface area (Å²) in [5.41, 5.74) is 12.3. The molecule has 0 saturated heterocycles. The molecule has 1 heterocycles. The molecule has 0 aliphatic carbocycles. The number of nitrogens with two attached hydrogens (primary N) is 2. The minimum Gasteiger partial charge on any atom is -0.383 e. The highest BCUT2D eigenvalue weighted by Gasteiger charge is 2.13. The number of benzene rings is 2. The highest BCUT2D eigenvalue weighted by Crippen LogP contribution is 2.24. The summed E-state index contributed by atoms with van der Waals surface area (Å²) in [4.78, 5) is 20.4. The molecule has 7 heteroatoms. The summed E-state index contributed by atoms with van der Waals surface area (Å²) in [6, 6.07) is 15.6. The second kappa shape index (κ2) is 7.40. The van der Waals surface area contributed by atoms with E-state index in [-0.39, 0.29) is 17.7 Å². The number of amides is 1. The van der Waals surface area contributed by atoms with Gasteiger partial charge in [-0.05, 0) is 23.3 Å². The van der Waals surface area contributed by atoms with Crippen LogP contribution in [0.3, 0.4) is 0 Å². The maximum absolute atomic E-state index is 12.3. The monoisotopic (exact) mass is 353 g/mol. The third kappa shape index (κ3) is 4.19. The molecule has 1 atom stereocenters. The molecule has 0 aliphatic rings. The third-order valence-electron chi connectivity index (χ3n) is 3.74. The number of hydrogen-bond donors (Lipinski definition) is 3. The number of nitrogens with zero attached hydrogens (tertiary/aromatic N) is 2. The average Bonchev–Trinajstić information content (AvgIpc) is 2.58. The lowest BCUT2D eigenvalue weighted by molar-refractivity contribution is -0.119. The fourth-order valence-electron chi connectivity index (χ4n) is 2.65. The van der Waals surface area contributed by atoms with Gasteiger partial charge in [-0.1, -0.05) is 54.2 Å². The van der Waals surface area contributed by atoms with Crippen LogP contribution in [0.1, 0.15) is 18.5 Å². The average molecular weight is 353 g/mol. The van der Waals surface area contributed by atoms with Crippen LogP contribution in [0.5, 0.6) is 0 Å². The largest absolute Gasteiger partial charge is 0.383 e. The van der Waals surface area contributed by atoms with Crippen molar-refractivity contribution in [3.63, 3.8) is 0 Å². The van der Waals surface area contributed by atoms with Crippen LogP contribution in [0.4, 0.5) is 11.6 Å². The normalized spacial score (nSPS) is 12.0. The lowest BCUT2D eigenvalue weighted by Crippen LogP contribution is -2.28. The van der Waals surface area contributed by atoms with Crippen LogP contribution in [-0.4, -0.2) is 21.6 Å². The zero-order valence-electron chi connectivity index (χ0n) is 13.8. The van der Waals surface area contributed by atoms with Crippen molar-refractivity contribution in [2.75, 3.05) is 17.2 Å². The molecule has 1 amide bonds. The zero-order valence-corrected chi connectivity index (χ0v) is 14.6. The summed E-state index contributed by atoms with van der Waals surface area (Å²) in [5, 5.41) is 5.69. The number of thioether (sulfide) groups is 1. The molecule has 2 aromatic carbocycles. The van der Waals surface area contributed by atoms with Crippen LogP contribution < -0.4 is 16.8 Å². The fourth-order valence-corrected chi connectivity index (χ4v) is 3.33. The summed E-state index contributed by atoms with van der Waals surface area (Å²) < 4.78 is 0. The number of nitrogen functional groups attached to an aromatic ring is 2. The molecule has 0 fully saturated rings. The molecule has 0 saturated carbocycles. The van der Waals surface area contributed by atoms with E-state index in [9.17, 15) is 4.79 Å². The Labute approximate surface area is 150 Å². The van der Waals surface area contributed by atoms with Crippen molar-refractivity contribution in [1.82, 2.24) is 15.3 Å². The zero-order chi connectivity index (χ0) is 17.8. The van der Waals surface area contributed by atoms with Gasteiger partial charge in [0.1, 0.15) is 11.6 Å². The van der Waals surface area contributed by atoms with E-state index in [0.717, 1.165) is 16.3 Å². The molecule has 0 unspecified atom stereocenters. The number of aromatic nitrogens is 2. The quantitative estimate of drug-likeness (QED) is 0.481. The Morgan fingerprint density at radius 1 is 1.12 bits per heavy atom. The Morgan fingerprint density at radius 2 is 1.80 bits per heavy atom. The lowest BCUT2D eigenvalue weighted by atomic mass is 10.00. The molecule has 0 aliphatic heterocycles. The van der Waals surface area contributed by atoms with E-state index in [1.54, 1.807) is 0 Å². The van der Waals surface area contributed by atoms with Gasteiger partial charge in [0, 0.05) is 6.07 Å². The Balaban J connectivity index is 1.66. The smallest absolute Gasteiger partial charge is 0.230 e. The first-order chi connectivity index (χ1) is 12.0. The molecule has 0 radical (unpaired) electrons. The Bertz CT molecular complexity index is 889. The number of fused-ring (bicyclic) bond motifs is 1. The van der Waals surface area contributed by atoms with Gasteiger partial charge >= 0.3 is 0 Å². The third-order valence-corrected chi connectivity index (χ3v) is 4.59. The van der Waals surface area contributed by atoms with E-state index in [1.807, 2.05) is 31.2 Å². The number of nitrogens with one attached hydrogen (secondary N) is 1. The fraction of sp³-hybridized carbons (Fsp3) is 0.167. The molecule has 3 aromatic rings. The summed E-state index contributed by atoms with van der Waals surface area (Å²) in [6.07, 6.45) is 0. The first kappa shape index (κ1) is 17.0. The number of anilines is 2. The highest BCUT2D eigenvalue weighted by atomic mass is 32.2. The van der Waals surface area contributed by atoms with E-state index in [2.05, 4.69) is 33.5 Å². The van der Waals surface area contributed by atoms with Gasteiger partial charge in [0.15, 0.2) is 5.16 Å². The summed E-state index contributed by atoms with van der Waals surface area (Å²) >= 11 is 1.20. The lowest BCUT2D eigenvalue weighted by Gasteiger charge is -2.16. The molecule has 6 nitrogen and oxygen atoms in total. The molecule has 1 aromatic heterocycles. The first-order valence-corrected chi connectivity index (χ1v) is 8.81. The van der Waals surface area contributed by atoms with Gasteiger partial charge < -0.3 is 16.8 Å².